The molecule has 3 rings (SSSR count). The molecule has 11 heteroatoms. The fraction of sp³-hybridized carbons (Fsp3) is 0.438. The zero-order chi connectivity index (χ0) is 19.6. The summed E-state index contributed by atoms with van der Waals surface area (Å²) in [4.78, 5) is 15.7. The smallest absolute Gasteiger partial charge is 0.327 e. The van der Waals surface area contributed by atoms with Gasteiger partial charge in [0.1, 0.15) is 19.5 Å². The predicted molar refractivity (Wildman–Crippen MR) is 102 cm³/mol. The summed E-state index contributed by atoms with van der Waals surface area (Å²) in [5.41, 5.74) is 2.23. The summed E-state index contributed by atoms with van der Waals surface area (Å²) in [5.74, 6) is -0.367. The predicted octanol–water partition coefficient (Wildman–Crippen LogP) is 0.109. The molecule has 1 unspecified atom stereocenters. The average Bonchev–Trinajstić information content (AvgIpc) is 3.01. The molecule has 2 aromatic rings. The first-order chi connectivity index (χ1) is 12.8. The van der Waals surface area contributed by atoms with Crippen LogP contribution in [-0.4, -0.2) is 43.6 Å². The van der Waals surface area contributed by atoms with Crippen LogP contribution in [0.2, 0.25) is 5.15 Å². The summed E-state index contributed by atoms with van der Waals surface area (Å²) in [5, 5.41) is 4.52. The van der Waals surface area contributed by atoms with E-state index in [0.29, 0.717) is 18.5 Å². The van der Waals surface area contributed by atoms with E-state index in [-0.39, 0.29) is 22.6 Å². The van der Waals surface area contributed by atoms with Gasteiger partial charge in [0, 0.05) is 17.5 Å². The Balaban J connectivity index is 1.82. The van der Waals surface area contributed by atoms with Crippen LogP contribution in [0.4, 0.5) is 0 Å². The summed E-state index contributed by atoms with van der Waals surface area (Å²) in [7, 11) is -2.06. The number of fused-ring (bicyclic) bond motifs is 1. The van der Waals surface area contributed by atoms with Crippen molar-refractivity contribution in [2.75, 3.05) is 6.61 Å². The number of pyridine rings is 1. The summed E-state index contributed by atoms with van der Waals surface area (Å²) in [6.45, 7) is 2.07. The third kappa shape index (κ3) is 4.33. The zero-order valence-corrected chi connectivity index (χ0v) is 16.7. The van der Waals surface area contributed by atoms with Gasteiger partial charge in [0.05, 0.1) is 23.7 Å². The number of sulfonamides is 1. The maximum atomic E-state index is 12.7. The Hall–Kier alpha value is -1.91. The first kappa shape index (κ1) is 19.8. The molecule has 2 heterocycles. The molecule has 2 aromatic heterocycles. The Morgan fingerprint density at radius 1 is 1.48 bits per heavy atom. The number of carbonyl (C=O) groups is 1. The topological polar surface area (TPSA) is 103 Å². The average molecular weight is 411 g/mol. The van der Waals surface area contributed by atoms with E-state index >= 15 is 0 Å². The maximum Gasteiger partial charge on any atom is 0.327 e. The lowest BCUT2D eigenvalue weighted by molar-refractivity contribution is -0.144. The second kappa shape index (κ2) is 7.99. The van der Waals surface area contributed by atoms with Crippen LogP contribution in [0, 0.1) is 0 Å². The molecule has 0 aliphatic heterocycles. The number of carbonyl (C=O) groups excluding carboxylic acids is 1. The monoisotopic (exact) mass is 410 g/mol. The van der Waals surface area contributed by atoms with Gasteiger partial charge in [-0.25, -0.2) is 18.1 Å². The van der Waals surface area contributed by atoms with Crippen molar-refractivity contribution in [2.24, 2.45) is 0 Å². The van der Waals surface area contributed by atoms with Gasteiger partial charge in [0.25, 0.3) is 0 Å². The largest absolute Gasteiger partial charge is 0.465 e. The maximum absolute atomic E-state index is 12.7. The molecule has 1 aliphatic carbocycles. The SMILES string of the molecule is Bc1cc(S(=O)(=O)NC2CCCc3c2cnn3CC(=O)OCC)cnc1Cl. The van der Waals surface area contributed by atoms with Gasteiger partial charge in [-0.05, 0) is 32.3 Å². The van der Waals surface area contributed by atoms with Gasteiger partial charge < -0.3 is 4.74 Å². The first-order valence-electron chi connectivity index (χ1n) is 8.66. The van der Waals surface area contributed by atoms with E-state index in [1.54, 1.807) is 25.6 Å². The van der Waals surface area contributed by atoms with Gasteiger partial charge in [0.2, 0.25) is 10.0 Å². The third-order valence-electron chi connectivity index (χ3n) is 4.44. The van der Waals surface area contributed by atoms with E-state index in [4.69, 9.17) is 16.3 Å². The summed E-state index contributed by atoms with van der Waals surface area (Å²) in [6, 6.07) is 1.08. The Morgan fingerprint density at radius 3 is 2.96 bits per heavy atom. The van der Waals surface area contributed by atoms with E-state index in [1.807, 2.05) is 0 Å². The molecule has 0 aromatic carbocycles. The van der Waals surface area contributed by atoms with Crippen LogP contribution in [0.5, 0.6) is 0 Å². The third-order valence-corrected chi connectivity index (χ3v) is 6.28. The number of aromatic nitrogens is 3. The highest BCUT2D eigenvalue weighted by molar-refractivity contribution is 7.89. The molecular formula is C16H20BClN4O4S. The minimum atomic E-state index is -3.76. The molecule has 0 amide bonds. The van der Waals surface area contributed by atoms with Gasteiger partial charge in [0.15, 0.2) is 0 Å². The van der Waals surface area contributed by atoms with Crippen LogP contribution in [-0.2, 0) is 32.5 Å². The van der Waals surface area contributed by atoms with Crippen molar-refractivity contribution in [1.29, 1.82) is 0 Å². The lowest BCUT2D eigenvalue weighted by Crippen LogP contribution is -2.32. The van der Waals surface area contributed by atoms with Crippen LogP contribution < -0.4 is 10.2 Å². The Labute approximate surface area is 163 Å². The zero-order valence-electron chi connectivity index (χ0n) is 15.1. The first-order valence-corrected chi connectivity index (χ1v) is 10.5. The molecule has 27 heavy (non-hydrogen) atoms. The number of nitrogens with one attached hydrogen (secondary N) is 1. The molecule has 0 fully saturated rings. The van der Waals surface area contributed by atoms with Crippen LogP contribution >= 0.6 is 11.6 Å². The Morgan fingerprint density at radius 2 is 2.26 bits per heavy atom. The fourth-order valence-electron chi connectivity index (χ4n) is 3.14. The number of hydrogen-bond acceptors (Lipinski definition) is 6. The standard InChI is InChI=1S/C16H20BClN4O4S/c1-2-26-15(23)9-22-14-5-3-4-13(11(14)8-20-22)21-27(24,25)10-6-12(17)16(18)19-7-10/h6-8,13,21H,2-5,9,17H2,1H3. The second-order valence-corrected chi connectivity index (χ2v) is 8.43. The van der Waals surface area contributed by atoms with E-state index < -0.39 is 16.1 Å². The highest BCUT2D eigenvalue weighted by atomic mass is 35.5. The molecule has 1 atom stereocenters. The molecule has 8 nitrogen and oxygen atoms in total. The van der Waals surface area contributed by atoms with Gasteiger partial charge >= 0.3 is 5.97 Å². The van der Waals surface area contributed by atoms with Gasteiger partial charge in [-0.15, -0.1) is 0 Å². The highest BCUT2D eigenvalue weighted by Crippen LogP contribution is 2.31. The van der Waals surface area contributed by atoms with Crippen molar-refractivity contribution in [2.45, 2.75) is 43.7 Å². The summed E-state index contributed by atoms with van der Waals surface area (Å²) < 4.78 is 34.8. The summed E-state index contributed by atoms with van der Waals surface area (Å²) in [6.07, 6.45) is 5.02. The fourth-order valence-corrected chi connectivity index (χ4v) is 4.52. The van der Waals surface area contributed by atoms with Gasteiger partial charge in [-0.1, -0.05) is 17.1 Å². The highest BCUT2D eigenvalue weighted by Gasteiger charge is 2.29. The molecular weight excluding hydrogens is 391 g/mol. The number of rotatable bonds is 6. The number of halogens is 1. The molecule has 0 spiro atoms. The number of ether oxygens (including phenoxy) is 1. The summed E-state index contributed by atoms with van der Waals surface area (Å²) >= 11 is 5.88. The molecule has 0 saturated heterocycles. The Kier molecular flexibility index (Phi) is 5.88. The number of hydrogen-bond donors (Lipinski definition) is 1. The van der Waals surface area contributed by atoms with E-state index in [2.05, 4.69) is 14.8 Å². The van der Waals surface area contributed by atoms with Crippen molar-refractivity contribution in [3.8, 4) is 0 Å². The molecule has 0 saturated carbocycles. The van der Waals surface area contributed by atoms with Crippen LogP contribution in [0.15, 0.2) is 23.4 Å². The van der Waals surface area contributed by atoms with Crippen molar-refractivity contribution in [3.63, 3.8) is 0 Å². The molecule has 144 valence electrons. The Bertz CT molecular complexity index is 963. The van der Waals surface area contributed by atoms with Gasteiger partial charge in [-0.3, -0.25) is 9.48 Å². The van der Waals surface area contributed by atoms with E-state index in [1.165, 1.54) is 12.3 Å². The lowest BCUT2D eigenvalue weighted by Gasteiger charge is -2.24. The van der Waals surface area contributed by atoms with Gasteiger partial charge in [-0.2, -0.15) is 5.10 Å². The molecule has 1 aliphatic rings. The van der Waals surface area contributed by atoms with Crippen LogP contribution in [0.3, 0.4) is 0 Å². The second-order valence-electron chi connectivity index (χ2n) is 6.35. The van der Waals surface area contributed by atoms with Crippen LogP contribution in [0.1, 0.15) is 37.1 Å². The van der Waals surface area contributed by atoms with Crippen molar-refractivity contribution in [3.05, 3.63) is 34.9 Å². The number of esters is 1. The molecule has 0 bridgehead atoms. The van der Waals surface area contributed by atoms with Crippen LogP contribution in [0.25, 0.3) is 0 Å². The molecule has 0 radical (unpaired) electrons. The number of nitrogens with zero attached hydrogens (tertiary/aromatic N) is 3. The van der Waals surface area contributed by atoms with E-state index in [9.17, 15) is 13.2 Å². The van der Waals surface area contributed by atoms with Crippen molar-refractivity contribution >= 4 is 40.9 Å². The van der Waals surface area contributed by atoms with E-state index in [0.717, 1.165) is 24.1 Å². The molecule has 1 N–H and O–H groups in total. The minimum Gasteiger partial charge on any atom is -0.465 e. The minimum absolute atomic E-state index is 0.0168. The van der Waals surface area contributed by atoms with Crippen molar-refractivity contribution < 1.29 is 17.9 Å². The van der Waals surface area contributed by atoms with Crippen molar-refractivity contribution in [1.82, 2.24) is 19.5 Å². The normalized spacial score (nSPS) is 16.7. The lowest BCUT2D eigenvalue weighted by atomic mass is 9.94. The quantitative estimate of drug-likeness (QED) is 0.412.